The van der Waals surface area contributed by atoms with Gasteiger partial charge in [-0.15, -0.1) is 0 Å². The van der Waals surface area contributed by atoms with Gasteiger partial charge in [0.25, 0.3) is 0 Å². The Kier molecular flexibility index (Phi) is 0.856. The Morgan fingerprint density at radius 2 is 2.71 bits per heavy atom. The number of nitrogens with one attached hydrogen (secondary N) is 1. The van der Waals surface area contributed by atoms with Gasteiger partial charge in [0.15, 0.2) is 0 Å². The van der Waals surface area contributed by atoms with Crippen LogP contribution in [-0.2, 0) is 4.84 Å². The Morgan fingerprint density at radius 3 is 3.00 bits per heavy atom. The van der Waals surface area contributed by atoms with Crippen LogP contribution in [0.2, 0.25) is 0 Å². The number of hydrogen-bond acceptors (Lipinski definition) is 4. The third-order valence-electron chi connectivity index (χ3n) is 0.506. The van der Waals surface area contributed by atoms with Crippen LogP contribution in [0.1, 0.15) is 0 Å². The van der Waals surface area contributed by atoms with Gasteiger partial charge in [0.1, 0.15) is 6.26 Å². The van der Waals surface area contributed by atoms with Crippen LogP contribution in [0.15, 0.2) is 17.5 Å². The number of rotatable bonds is 0. The molecule has 1 aliphatic heterocycles. The number of hydroxylamine groups is 1. The van der Waals surface area contributed by atoms with Gasteiger partial charge in [-0.1, -0.05) is 0 Å². The van der Waals surface area contributed by atoms with Crippen molar-refractivity contribution in [3.63, 3.8) is 0 Å². The van der Waals surface area contributed by atoms with Crippen molar-refractivity contribution in [2.75, 3.05) is 0 Å². The van der Waals surface area contributed by atoms with Gasteiger partial charge in [0, 0.05) is 0 Å². The van der Waals surface area contributed by atoms with E-state index >= 15 is 0 Å². The lowest BCUT2D eigenvalue weighted by atomic mass is 10.9. The van der Waals surface area contributed by atoms with Gasteiger partial charge in [-0.3, -0.25) is 0 Å². The van der Waals surface area contributed by atoms with E-state index in [-0.39, 0.29) is 5.96 Å². The van der Waals surface area contributed by atoms with Crippen LogP contribution in [0.4, 0.5) is 0 Å². The first-order chi connectivity index (χ1) is 3.39. The summed E-state index contributed by atoms with van der Waals surface area (Å²) >= 11 is 0. The second-order valence-electron chi connectivity index (χ2n) is 1.02. The highest BCUT2D eigenvalue weighted by atomic mass is 16.6. The van der Waals surface area contributed by atoms with Crippen LogP contribution in [-0.4, -0.2) is 5.96 Å². The molecule has 0 saturated heterocycles. The number of aliphatic imine (C=N–C) groups is 1. The average molecular weight is 99.1 g/mol. The number of hydrogen-bond donors (Lipinski definition) is 2. The second kappa shape index (κ2) is 1.51. The zero-order valence-electron chi connectivity index (χ0n) is 3.59. The van der Waals surface area contributed by atoms with E-state index in [1.54, 1.807) is 0 Å². The highest BCUT2D eigenvalue weighted by molar-refractivity contribution is 5.77. The molecule has 0 atom stereocenters. The van der Waals surface area contributed by atoms with Crippen molar-refractivity contribution in [3.8, 4) is 0 Å². The van der Waals surface area contributed by atoms with Gasteiger partial charge in [-0.2, -0.15) is 5.48 Å². The van der Waals surface area contributed by atoms with Crippen molar-refractivity contribution in [2.45, 2.75) is 0 Å². The van der Waals surface area contributed by atoms with Crippen LogP contribution in [0.25, 0.3) is 0 Å². The van der Waals surface area contributed by atoms with Gasteiger partial charge in [-0.25, -0.2) is 4.99 Å². The molecule has 0 fully saturated rings. The smallest absolute Gasteiger partial charge is 0.227 e. The van der Waals surface area contributed by atoms with Gasteiger partial charge >= 0.3 is 0 Å². The lowest BCUT2D eigenvalue weighted by molar-refractivity contribution is 0.187. The van der Waals surface area contributed by atoms with Crippen molar-refractivity contribution in [1.29, 1.82) is 0 Å². The molecule has 0 radical (unpaired) electrons. The van der Waals surface area contributed by atoms with E-state index in [0.29, 0.717) is 0 Å². The fourth-order valence-corrected chi connectivity index (χ4v) is 0.262. The van der Waals surface area contributed by atoms with Crippen LogP contribution >= 0.6 is 0 Å². The van der Waals surface area contributed by atoms with E-state index in [4.69, 9.17) is 5.73 Å². The average Bonchev–Trinajstić information content (AvgIpc) is 1.69. The minimum absolute atomic E-state index is 0.280. The highest BCUT2D eigenvalue weighted by Gasteiger charge is 1.88. The van der Waals surface area contributed by atoms with Crippen molar-refractivity contribution in [1.82, 2.24) is 5.48 Å². The molecule has 0 aromatic carbocycles. The fourth-order valence-electron chi connectivity index (χ4n) is 0.262. The molecule has 7 heavy (non-hydrogen) atoms. The Balaban J connectivity index is 2.57. The monoisotopic (exact) mass is 99.0 g/mol. The largest absolute Gasteiger partial charge is 0.386 e. The van der Waals surface area contributed by atoms with Crippen molar-refractivity contribution in [2.24, 2.45) is 10.7 Å². The Morgan fingerprint density at radius 1 is 1.86 bits per heavy atom. The Bertz CT molecular complexity index is 117. The van der Waals surface area contributed by atoms with Crippen molar-refractivity contribution < 1.29 is 4.84 Å². The fraction of sp³-hybridized carbons (Fsp3) is 0. The quantitative estimate of drug-likeness (QED) is 0.422. The van der Waals surface area contributed by atoms with Gasteiger partial charge in [0.2, 0.25) is 5.96 Å². The summed E-state index contributed by atoms with van der Waals surface area (Å²) in [7, 11) is 0. The van der Waals surface area contributed by atoms with E-state index in [9.17, 15) is 0 Å². The maximum absolute atomic E-state index is 5.10. The number of guanidine groups is 1. The zero-order valence-corrected chi connectivity index (χ0v) is 3.59. The number of nitrogens with zero attached hydrogens (tertiary/aromatic N) is 1. The predicted octanol–water partition coefficient (Wildman–Crippen LogP) is -0.693. The minimum Gasteiger partial charge on any atom is -0.386 e. The van der Waals surface area contributed by atoms with Crippen LogP contribution in [0.5, 0.6) is 0 Å². The Labute approximate surface area is 40.6 Å². The summed E-state index contributed by atoms with van der Waals surface area (Å²) in [6, 6.07) is 0. The number of nitrogens with two attached hydrogens (primary N) is 1. The summed E-state index contributed by atoms with van der Waals surface area (Å²) in [6.45, 7) is 0. The molecule has 0 spiro atoms. The molecule has 4 heteroatoms. The lowest BCUT2D eigenvalue weighted by Crippen LogP contribution is -2.31. The molecule has 0 saturated carbocycles. The summed E-state index contributed by atoms with van der Waals surface area (Å²) in [6.07, 6.45) is 2.86. The Hall–Kier alpha value is -1.19. The van der Waals surface area contributed by atoms with E-state index in [1.807, 2.05) is 0 Å². The molecule has 1 rings (SSSR count). The van der Waals surface area contributed by atoms with Crippen molar-refractivity contribution >= 4 is 5.96 Å². The van der Waals surface area contributed by atoms with Crippen LogP contribution < -0.4 is 11.2 Å². The molecule has 4 nitrogen and oxygen atoms in total. The summed E-state index contributed by atoms with van der Waals surface area (Å²) in [5.74, 6) is 0.280. The summed E-state index contributed by atoms with van der Waals surface area (Å²) in [5.41, 5.74) is 7.42. The molecule has 0 aromatic heterocycles. The first kappa shape index (κ1) is 3.98. The third kappa shape index (κ3) is 0.819. The zero-order chi connectivity index (χ0) is 5.11. The summed E-state index contributed by atoms with van der Waals surface area (Å²) < 4.78 is 0. The van der Waals surface area contributed by atoms with Crippen LogP contribution in [0.3, 0.4) is 0 Å². The van der Waals surface area contributed by atoms with E-state index in [1.165, 1.54) is 12.5 Å². The normalized spacial score (nSPS) is 16.9. The molecular weight excluding hydrogens is 94.1 g/mol. The standard InChI is InChI=1S/C3H5N3O/c4-3-5-1-2-7-6-3/h1-2H,(H3,4,5,6). The first-order valence-corrected chi connectivity index (χ1v) is 1.79. The highest BCUT2D eigenvalue weighted by Crippen LogP contribution is 1.80. The maximum Gasteiger partial charge on any atom is 0.227 e. The molecule has 0 amide bonds. The van der Waals surface area contributed by atoms with Gasteiger partial charge in [-0.05, 0) is 0 Å². The van der Waals surface area contributed by atoms with Crippen molar-refractivity contribution in [3.05, 3.63) is 12.5 Å². The molecule has 0 aromatic rings. The van der Waals surface area contributed by atoms with Gasteiger partial charge < -0.3 is 10.6 Å². The summed E-state index contributed by atoms with van der Waals surface area (Å²) in [5, 5.41) is 0. The summed E-state index contributed by atoms with van der Waals surface area (Å²) in [4.78, 5) is 8.10. The predicted molar refractivity (Wildman–Crippen MR) is 25.0 cm³/mol. The molecule has 1 aliphatic rings. The first-order valence-electron chi connectivity index (χ1n) is 1.79. The molecule has 38 valence electrons. The maximum atomic E-state index is 5.10. The van der Waals surface area contributed by atoms with E-state index in [2.05, 4.69) is 15.3 Å². The lowest BCUT2D eigenvalue weighted by Gasteiger charge is -2.03. The molecular formula is C3H5N3O. The second-order valence-corrected chi connectivity index (χ2v) is 1.02. The topological polar surface area (TPSA) is 59.6 Å². The molecule has 0 unspecified atom stereocenters. The van der Waals surface area contributed by atoms with E-state index in [0.717, 1.165) is 0 Å². The van der Waals surface area contributed by atoms with Crippen LogP contribution in [0, 0.1) is 0 Å². The van der Waals surface area contributed by atoms with E-state index < -0.39 is 0 Å². The van der Waals surface area contributed by atoms with Gasteiger partial charge in [0.05, 0.1) is 6.20 Å². The molecule has 0 aliphatic carbocycles. The third-order valence-corrected chi connectivity index (χ3v) is 0.506. The molecule has 1 heterocycles. The minimum atomic E-state index is 0.280. The molecule has 3 N–H and O–H groups in total. The SMILES string of the molecule is NC1=NC=CON1. The molecule has 0 bridgehead atoms.